The standard InChI is InChI=1S/C18H18ClNOS2/c1-12(15-3-2-4-16(19)11-15)20-17(21)13-5-7-14(8-6-13)18-22-9-10-23-18/h2-8,11-12,18H,9-10H2,1H3,(H,20,21)/t12-/m0/s1. The molecule has 2 nitrogen and oxygen atoms in total. The van der Waals surface area contributed by atoms with E-state index in [9.17, 15) is 4.79 Å². The molecule has 23 heavy (non-hydrogen) atoms. The topological polar surface area (TPSA) is 29.1 Å². The van der Waals surface area contributed by atoms with Gasteiger partial charge in [-0.2, -0.15) is 0 Å². The summed E-state index contributed by atoms with van der Waals surface area (Å²) in [5.41, 5.74) is 2.98. The molecule has 0 unspecified atom stereocenters. The molecule has 1 aliphatic heterocycles. The van der Waals surface area contributed by atoms with Gasteiger partial charge in [-0.1, -0.05) is 35.9 Å². The Balaban J connectivity index is 1.65. The lowest BCUT2D eigenvalue weighted by Crippen LogP contribution is -2.26. The van der Waals surface area contributed by atoms with Crippen LogP contribution in [0.3, 0.4) is 0 Å². The number of nitrogens with one attached hydrogen (secondary N) is 1. The first-order valence-corrected chi connectivity index (χ1v) is 10.0. The van der Waals surface area contributed by atoms with E-state index in [1.54, 1.807) is 0 Å². The predicted molar refractivity (Wildman–Crippen MR) is 101 cm³/mol. The Morgan fingerprint density at radius 1 is 1.17 bits per heavy atom. The third-order valence-corrected chi connectivity index (χ3v) is 7.10. The number of halogens is 1. The van der Waals surface area contributed by atoms with Gasteiger partial charge in [0.25, 0.3) is 5.91 Å². The lowest BCUT2D eigenvalue weighted by atomic mass is 10.1. The molecule has 1 fully saturated rings. The van der Waals surface area contributed by atoms with Crippen molar-refractivity contribution in [1.82, 2.24) is 5.32 Å². The molecule has 3 rings (SSSR count). The Hall–Kier alpha value is -1.10. The predicted octanol–water partition coefficient (Wildman–Crippen LogP) is 5.31. The van der Waals surface area contributed by atoms with Crippen LogP contribution in [0.5, 0.6) is 0 Å². The quantitative estimate of drug-likeness (QED) is 0.798. The number of hydrogen-bond acceptors (Lipinski definition) is 3. The number of benzene rings is 2. The fourth-order valence-electron chi connectivity index (χ4n) is 2.48. The second-order valence-electron chi connectivity index (χ2n) is 5.45. The first-order valence-electron chi connectivity index (χ1n) is 7.53. The van der Waals surface area contributed by atoms with Gasteiger partial charge in [0.05, 0.1) is 10.6 Å². The van der Waals surface area contributed by atoms with Gasteiger partial charge in [0, 0.05) is 22.1 Å². The van der Waals surface area contributed by atoms with Crippen LogP contribution in [0.4, 0.5) is 0 Å². The van der Waals surface area contributed by atoms with Gasteiger partial charge in [-0.3, -0.25) is 4.79 Å². The molecule has 0 spiro atoms. The SMILES string of the molecule is C[C@H](NC(=O)c1ccc(C2SCCS2)cc1)c1cccc(Cl)c1. The van der Waals surface area contributed by atoms with E-state index in [-0.39, 0.29) is 11.9 Å². The van der Waals surface area contributed by atoms with E-state index in [2.05, 4.69) is 17.4 Å². The number of carbonyl (C=O) groups is 1. The Morgan fingerprint density at radius 2 is 1.87 bits per heavy atom. The number of hydrogen-bond donors (Lipinski definition) is 1. The van der Waals surface area contributed by atoms with E-state index in [1.807, 2.05) is 66.8 Å². The number of thioether (sulfide) groups is 2. The highest BCUT2D eigenvalue weighted by Gasteiger charge is 2.18. The molecule has 1 heterocycles. The van der Waals surface area contributed by atoms with Gasteiger partial charge in [-0.25, -0.2) is 0 Å². The molecule has 2 aromatic carbocycles. The van der Waals surface area contributed by atoms with Crippen LogP contribution in [0.15, 0.2) is 48.5 Å². The van der Waals surface area contributed by atoms with Crippen molar-refractivity contribution in [3.63, 3.8) is 0 Å². The summed E-state index contributed by atoms with van der Waals surface area (Å²) < 4.78 is 0.512. The maximum Gasteiger partial charge on any atom is 0.251 e. The molecule has 0 aromatic heterocycles. The Labute approximate surface area is 150 Å². The molecule has 1 N–H and O–H groups in total. The normalized spacial score (nSPS) is 16.3. The summed E-state index contributed by atoms with van der Waals surface area (Å²) in [4.78, 5) is 12.4. The third-order valence-electron chi connectivity index (χ3n) is 3.76. The molecular weight excluding hydrogens is 346 g/mol. The summed E-state index contributed by atoms with van der Waals surface area (Å²) in [7, 11) is 0. The van der Waals surface area contributed by atoms with Crippen LogP contribution in [0, 0.1) is 0 Å². The monoisotopic (exact) mass is 363 g/mol. The van der Waals surface area contributed by atoms with Crippen molar-refractivity contribution in [2.24, 2.45) is 0 Å². The van der Waals surface area contributed by atoms with Crippen LogP contribution >= 0.6 is 35.1 Å². The Bertz CT molecular complexity index is 684. The second-order valence-corrected chi connectivity index (χ2v) is 8.61. The summed E-state index contributed by atoms with van der Waals surface area (Å²) >= 11 is 9.94. The summed E-state index contributed by atoms with van der Waals surface area (Å²) in [6, 6.07) is 15.4. The van der Waals surface area contributed by atoms with Crippen LogP contribution in [0.25, 0.3) is 0 Å². The smallest absolute Gasteiger partial charge is 0.251 e. The molecule has 2 aromatic rings. The number of rotatable bonds is 4. The molecule has 1 aliphatic rings. The number of amides is 1. The average Bonchev–Trinajstić information content (AvgIpc) is 3.09. The van der Waals surface area contributed by atoms with Crippen molar-refractivity contribution in [2.75, 3.05) is 11.5 Å². The average molecular weight is 364 g/mol. The molecule has 5 heteroatoms. The fraction of sp³-hybridized carbons (Fsp3) is 0.278. The van der Waals surface area contributed by atoms with Crippen LogP contribution in [0.2, 0.25) is 5.02 Å². The van der Waals surface area contributed by atoms with E-state index < -0.39 is 0 Å². The first-order chi connectivity index (χ1) is 11.1. The zero-order valence-electron chi connectivity index (χ0n) is 12.8. The van der Waals surface area contributed by atoms with E-state index in [4.69, 9.17) is 11.6 Å². The van der Waals surface area contributed by atoms with Gasteiger partial charge in [0.2, 0.25) is 0 Å². The molecular formula is C18H18ClNOS2. The zero-order chi connectivity index (χ0) is 16.2. The fourth-order valence-corrected chi connectivity index (χ4v) is 5.54. The van der Waals surface area contributed by atoms with E-state index >= 15 is 0 Å². The molecule has 120 valence electrons. The molecule has 1 amide bonds. The van der Waals surface area contributed by atoms with Crippen molar-refractivity contribution in [3.8, 4) is 0 Å². The lowest BCUT2D eigenvalue weighted by Gasteiger charge is -2.15. The summed E-state index contributed by atoms with van der Waals surface area (Å²) in [6.45, 7) is 1.96. The van der Waals surface area contributed by atoms with Gasteiger partial charge < -0.3 is 5.32 Å². The van der Waals surface area contributed by atoms with Gasteiger partial charge in [0.1, 0.15) is 0 Å². The maximum atomic E-state index is 12.4. The molecule has 0 radical (unpaired) electrons. The largest absolute Gasteiger partial charge is 0.346 e. The molecule has 0 bridgehead atoms. The van der Waals surface area contributed by atoms with Crippen LogP contribution in [-0.4, -0.2) is 17.4 Å². The van der Waals surface area contributed by atoms with E-state index in [1.165, 1.54) is 17.1 Å². The van der Waals surface area contributed by atoms with E-state index in [0.29, 0.717) is 15.2 Å². The van der Waals surface area contributed by atoms with Crippen LogP contribution in [0.1, 0.15) is 39.0 Å². The van der Waals surface area contributed by atoms with Gasteiger partial charge in [0.15, 0.2) is 0 Å². The maximum absolute atomic E-state index is 12.4. The third kappa shape index (κ3) is 4.25. The highest BCUT2D eigenvalue weighted by Crippen LogP contribution is 2.45. The Morgan fingerprint density at radius 3 is 2.52 bits per heavy atom. The van der Waals surface area contributed by atoms with Gasteiger partial charge in [-0.05, 0) is 42.3 Å². The van der Waals surface area contributed by atoms with Gasteiger partial charge >= 0.3 is 0 Å². The highest BCUT2D eigenvalue weighted by molar-refractivity contribution is 8.19. The van der Waals surface area contributed by atoms with Crippen molar-refractivity contribution >= 4 is 41.0 Å². The minimum Gasteiger partial charge on any atom is -0.346 e. The van der Waals surface area contributed by atoms with E-state index in [0.717, 1.165) is 5.56 Å². The Kier molecular flexibility index (Phi) is 5.57. The zero-order valence-corrected chi connectivity index (χ0v) is 15.2. The van der Waals surface area contributed by atoms with Crippen molar-refractivity contribution < 1.29 is 4.79 Å². The summed E-state index contributed by atoms with van der Waals surface area (Å²) in [5, 5.41) is 3.70. The van der Waals surface area contributed by atoms with Crippen molar-refractivity contribution in [1.29, 1.82) is 0 Å². The number of carbonyl (C=O) groups excluding carboxylic acids is 1. The van der Waals surface area contributed by atoms with Crippen molar-refractivity contribution in [2.45, 2.75) is 17.5 Å². The van der Waals surface area contributed by atoms with Gasteiger partial charge in [-0.15, -0.1) is 23.5 Å². The molecule has 0 saturated carbocycles. The van der Waals surface area contributed by atoms with Crippen LogP contribution in [-0.2, 0) is 0 Å². The summed E-state index contributed by atoms with van der Waals surface area (Å²) in [5.74, 6) is 2.35. The molecule has 1 atom stereocenters. The first kappa shape index (κ1) is 16.7. The minimum atomic E-state index is -0.0816. The minimum absolute atomic E-state index is 0.0595. The summed E-state index contributed by atoms with van der Waals surface area (Å²) in [6.07, 6.45) is 0. The molecule has 0 aliphatic carbocycles. The second kappa shape index (κ2) is 7.65. The molecule has 1 saturated heterocycles. The highest BCUT2D eigenvalue weighted by atomic mass is 35.5. The lowest BCUT2D eigenvalue weighted by molar-refractivity contribution is 0.0940. The van der Waals surface area contributed by atoms with Crippen molar-refractivity contribution in [3.05, 3.63) is 70.2 Å². The van der Waals surface area contributed by atoms with Crippen LogP contribution < -0.4 is 5.32 Å².